The summed E-state index contributed by atoms with van der Waals surface area (Å²) >= 11 is 0.870. The second-order valence-electron chi connectivity index (χ2n) is 1.28. The van der Waals surface area contributed by atoms with E-state index in [1.54, 1.807) is 0 Å². The molecule has 0 aliphatic heterocycles. The van der Waals surface area contributed by atoms with Crippen LogP contribution in [-0.4, -0.2) is 33.7 Å². The van der Waals surface area contributed by atoms with Crippen LogP contribution in [0.5, 0.6) is 0 Å². The van der Waals surface area contributed by atoms with E-state index in [2.05, 4.69) is 13.2 Å². The molecule has 4 nitrogen and oxygen atoms in total. The summed E-state index contributed by atoms with van der Waals surface area (Å²) in [7, 11) is 0. The maximum atomic E-state index is 9.77. The van der Waals surface area contributed by atoms with Gasteiger partial charge in [-0.05, 0) is 0 Å². The first kappa shape index (κ1) is 12.7. The van der Waals surface area contributed by atoms with Gasteiger partial charge in [0.15, 0.2) is 0 Å². The van der Waals surface area contributed by atoms with Crippen LogP contribution >= 0.6 is 11.8 Å². The third kappa shape index (κ3) is 17.6. The Morgan fingerprint density at radius 2 is 1.36 bits per heavy atom. The standard InChI is InChI=1S/C4H6O4S.C2H4/c5-3(6)1-9-2-4(7)8;1-2/h1-2H2,(H,5,6)(H,7,8);1-2H2. The van der Waals surface area contributed by atoms with Gasteiger partial charge in [0.1, 0.15) is 0 Å². The Bertz CT molecular complexity index is 121. The fraction of sp³-hybridized carbons (Fsp3) is 0.333. The number of rotatable bonds is 4. The first-order chi connectivity index (χ1) is 5.13. The molecule has 0 unspecified atom stereocenters. The average Bonchev–Trinajstić information content (AvgIpc) is 1.90. The van der Waals surface area contributed by atoms with Crippen molar-refractivity contribution in [2.45, 2.75) is 0 Å². The molecule has 0 atom stereocenters. The predicted octanol–water partition coefficient (Wildman–Crippen LogP) is 0.691. The van der Waals surface area contributed by atoms with Crippen molar-refractivity contribution in [3.8, 4) is 0 Å². The molecule has 64 valence electrons. The van der Waals surface area contributed by atoms with Gasteiger partial charge in [0.05, 0.1) is 11.5 Å². The maximum Gasteiger partial charge on any atom is 0.313 e. The van der Waals surface area contributed by atoms with E-state index in [0.29, 0.717) is 0 Å². The first-order valence-corrected chi connectivity index (χ1v) is 3.79. The quantitative estimate of drug-likeness (QED) is 0.619. The summed E-state index contributed by atoms with van der Waals surface area (Å²) in [6.07, 6.45) is 0. The van der Waals surface area contributed by atoms with Gasteiger partial charge in [0.2, 0.25) is 0 Å². The Kier molecular flexibility index (Phi) is 10.4. The SMILES string of the molecule is C=C.O=C(O)CSCC(=O)O. The highest BCUT2D eigenvalue weighted by Crippen LogP contribution is 1.96. The van der Waals surface area contributed by atoms with Gasteiger partial charge in [-0.15, -0.1) is 24.9 Å². The zero-order valence-corrected chi connectivity index (χ0v) is 6.76. The zero-order valence-electron chi connectivity index (χ0n) is 5.95. The van der Waals surface area contributed by atoms with Gasteiger partial charge in [-0.2, -0.15) is 0 Å². The van der Waals surface area contributed by atoms with Crippen LogP contribution in [0.1, 0.15) is 0 Å². The molecule has 0 bridgehead atoms. The fourth-order valence-corrected chi connectivity index (χ4v) is 0.677. The number of carbonyl (C=O) groups is 2. The van der Waals surface area contributed by atoms with Crippen LogP contribution in [0.2, 0.25) is 0 Å². The minimum absolute atomic E-state index is 0.147. The van der Waals surface area contributed by atoms with E-state index in [9.17, 15) is 9.59 Å². The van der Waals surface area contributed by atoms with Gasteiger partial charge in [-0.3, -0.25) is 9.59 Å². The molecule has 0 aromatic rings. The largest absolute Gasteiger partial charge is 0.481 e. The first-order valence-electron chi connectivity index (χ1n) is 2.64. The van der Waals surface area contributed by atoms with Crippen LogP contribution < -0.4 is 0 Å². The number of aliphatic carboxylic acids is 2. The highest BCUT2D eigenvalue weighted by Gasteiger charge is 1.99. The molecule has 0 radical (unpaired) electrons. The van der Waals surface area contributed by atoms with Gasteiger partial charge in [-0.1, -0.05) is 0 Å². The van der Waals surface area contributed by atoms with Crippen LogP contribution in [0.4, 0.5) is 0 Å². The molecule has 0 fully saturated rings. The molecule has 0 aliphatic carbocycles. The molecule has 0 aromatic heterocycles. The zero-order chi connectivity index (χ0) is 9.28. The summed E-state index contributed by atoms with van der Waals surface area (Å²) in [6.45, 7) is 6.00. The summed E-state index contributed by atoms with van der Waals surface area (Å²) in [4.78, 5) is 19.5. The van der Waals surface area contributed by atoms with Crippen molar-refractivity contribution in [3.05, 3.63) is 13.2 Å². The van der Waals surface area contributed by atoms with Crippen molar-refractivity contribution in [1.29, 1.82) is 0 Å². The second kappa shape index (κ2) is 9.03. The van der Waals surface area contributed by atoms with Crippen molar-refractivity contribution in [3.63, 3.8) is 0 Å². The maximum absolute atomic E-state index is 9.77. The van der Waals surface area contributed by atoms with Gasteiger partial charge < -0.3 is 10.2 Å². The van der Waals surface area contributed by atoms with Crippen molar-refractivity contribution in [2.75, 3.05) is 11.5 Å². The molecule has 0 aliphatic rings. The van der Waals surface area contributed by atoms with E-state index in [1.807, 2.05) is 0 Å². The van der Waals surface area contributed by atoms with E-state index in [-0.39, 0.29) is 11.5 Å². The number of hydrogen-bond acceptors (Lipinski definition) is 3. The monoisotopic (exact) mass is 178 g/mol. The number of hydrogen-bond donors (Lipinski definition) is 2. The van der Waals surface area contributed by atoms with E-state index in [0.717, 1.165) is 11.8 Å². The van der Waals surface area contributed by atoms with E-state index < -0.39 is 11.9 Å². The Morgan fingerprint density at radius 3 is 1.55 bits per heavy atom. The summed E-state index contributed by atoms with van der Waals surface area (Å²) in [5, 5.41) is 16.0. The molecule has 2 N–H and O–H groups in total. The lowest BCUT2D eigenvalue weighted by Crippen LogP contribution is -2.03. The fourth-order valence-electron chi connectivity index (χ4n) is 0.226. The number of carboxylic acids is 2. The highest BCUT2D eigenvalue weighted by molar-refractivity contribution is 8.00. The van der Waals surface area contributed by atoms with E-state index in [4.69, 9.17) is 10.2 Å². The molecule has 0 saturated carbocycles. The molecule has 0 rings (SSSR count). The Labute approximate surface area is 68.9 Å². The van der Waals surface area contributed by atoms with Gasteiger partial charge in [0.25, 0.3) is 0 Å². The van der Waals surface area contributed by atoms with Crippen LogP contribution in [0.15, 0.2) is 13.2 Å². The predicted molar refractivity (Wildman–Crippen MR) is 43.9 cm³/mol. The molecular formula is C6H10O4S. The summed E-state index contributed by atoms with van der Waals surface area (Å²) < 4.78 is 0. The Morgan fingerprint density at radius 1 is 1.09 bits per heavy atom. The normalized spacial score (nSPS) is 7.64. The Balaban J connectivity index is 0. The van der Waals surface area contributed by atoms with Crippen molar-refractivity contribution >= 4 is 23.7 Å². The summed E-state index contributed by atoms with van der Waals surface area (Å²) in [5.41, 5.74) is 0. The van der Waals surface area contributed by atoms with Gasteiger partial charge >= 0.3 is 11.9 Å². The number of thioether (sulfide) groups is 1. The van der Waals surface area contributed by atoms with Gasteiger partial charge in [0, 0.05) is 0 Å². The lowest BCUT2D eigenvalue weighted by molar-refractivity contribution is -0.134. The summed E-state index contributed by atoms with van der Waals surface area (Å²) in [6, 6.07) is 0. The molecular weight excluding hydrogens is 168 g/mol. The lowest BCUT2D eigenvalue weighted by atomic mass is 10.8. The lowest BCUT2D eigenvalue weighted by Gasteiger charge is -1.89. The van der Waals surface area contributed by atoms with Gasteiger partial charge in [-0.25, -0.2) is 0 Å². The molecule has 0 saturated heterocycles. The van der Waals surface area contributed by atoms with E-state index >= 15 is 0 Å². The van der Waals surface area contributed by atoms with Crippen LogP contribution in [0.3, 0.4) is 0 Å². The smallest absolute Gasteiger partial charge is 0.313 e. The van der Waals surface area contributed by atoms with Crippen molar-refractivity contribution in [2.24, 2.45) is 0 Å². The third-order valence-electron chi connectivity index (χ3n) is 0.451. The molecule has 0 heterocycles. The average molecular weight is 178 g/mol. The topological polar surface area (TPSA) is 74.6 Å². The summed E-state index contributed by atoms with van der Waals surface area (Å²) in [5.74, 6) is -2.26. The minimum Gasteiger partial charge on any atom is -0.481 e. The molecule has 0 amide bonds. The van der Waals surface area contributed by atoms with E-state index in [1.165, 1.54) is 0 Å². The highest BCUT2D eigenvalue weighted by atomic mass is 32.2. The molecule has 0 spiro atoms. The van der Waals surface area contributed by atoms with Crippen LogP contribution in [-0.2, 0) is 9.59 Å². The second-order valence-corrected chi connectivity index (χ2v) is 2.27. The van der Waals surface area contributed by atoms with Crippen LogP contribution in [0, 0.1) is 0 Å². The molecule has 5 heteroatoms. The van der Waals surface area contributed by atoms with Crippen molar-refractivity contribution < 1.29 is 19.8 Å². The minimum atomic E-state index is -0.985. The molecule has 11 heavy (non-hydrogen) atoms. The number of carboxylic acid groups (broad SMARTS) is 2. The van der Waals surface area contributed by atoms with Crippen molar-refractivity contribution in [1.82, 2.24) is 0 Å². The van der Waals surface area contributed by atoms with Crippen LogP contribution in [0.25, 0.3) is 0 Å². The Hall–Kier alpha value is -0.970. The third-order valence-corrected chi connectivity index (χ3v) is 1.35. The molecule has 0 aromatic carbocycles.